The van der Waals surface area contributed by atoms with E-state index in [1.54, 1.807) is 12.1 Å². The Morgan fingerprint density at radius 3 is 2.67 bits per heavy atom. The number of nitrogens with two attached hydrogens (primary N) is 2. The highest BCUT2D eigenvalue weighted by Crippen LogP contribution is 2.38. The fraction of sp³-hybridized carbons (Fsp3) is 0.500. The van der Waals surface area contributed by atoms with Gasteiger partial charge in [0.25, 0.3) is 0 Å². The average molecular weight is 247 g/mol. The first-order valence-electron chi connectivity index (χ1n) is 6.33. The Kier molecular flexibility index (Phi) is 3.20. The van der Waals surface area contributed by atoms with Crippen molar-refractivity contribution in [3.8, 4) is 0 Å². The van der Waals surface area contributed by atoms with Gasteiger partial charge >= 0.3 is 0 Å². The van der Waals surface area contributed by atoms with Gasteiger partial charge in [-0.25, -0.2) is 0 Å². The van der Waals surface area contributed by atoms with Crippen LogP contribution in [0.3, 0.4) is 0 Å². The van der Waals surface area contributed by atoms with Crippen LogP contribution in [0.25, 0.3) is 0 Å². The lowest BCUT2D eigenvalue weighted by Crippen LogP contribution is -2.19. The molecule has 0 aliphatic heterocycles. The number of rotatable bonds is 3. The van der Waals surface area contributed by atoms with Crippen LogP contribution in [0.15, 0.2) is 18.2 Å². The number of benzene rings is 1. The molecule has 1 atom stereocenters. The molecule has 0 aromatic heterocycles. The number of hydrogen-bond acceptors (Lipinski definition) is 3. The lowest BCUT2D eigenvalue weighted by molar-refractivity contribution is 0.100. The highest BCUT2D eigenvalue weighted by Gasteiger charge is 2.30. The summed E-state index contributed by atoms with van der Waals surface area (Å²) in [5, 5.41) is 3.45. The van der Waals surface area contributed by atoms with Gasteiger partial charge in [0.15, 0.2) is 0 Å². The number of carbonyl (C=O) groups is 1. The first-order valence-corrected chi connectivity index (χ1v) is 6.33. The Hall–Kier alpha value is -1.71. The molecule has 0 radical (unpaired) electrons. The molecule has 1 amide bonds. The Morgan fingerprint density at radius 1 is 1.44 bits per heavy atom. The van der Waals surface area contributed by atoms with E-state index < -0.39 is 5.91 Å². The van der Waals surface area contributed by atoms with Crippen LogP contribution >= 0.6 is 0 Å². The standard InChI is InChI=1S/C14H21N3O/c1-14(2)6-5-10(8-14)17-12-4-3-9(13(16)18)7-11(12)15/h3-4,7,10,17H,5-6,8,15H2,1-2H3,(H2,16,18). The molecular formula is C14H21N3O. The molecule has 1 unspecified atom stereocenters. The van der Waals surface area contributed by atoms with Crippen molar-refractivity contribution in [3.63, 3.8) is 0 Å². The molecule has 4 heteroatoms. The first kappa shape index (κ1) is 12.7. The van der Waals surface area contributed by atoms with Gasteiger partial charge in [-0.2, -0.15) is 0 Å². The minimum Gasteiger partial charge on any atom is -0.397 e. The van der Waals surface area contributed by atoms with E-state index in [2.05, 4.69) is 19.2 Å². The Balaban J connectivity index is 2.09. The molecule has 1 saturated carbocycles. The van der Waals surface area contributed by atoms with Gasteiger partial charge in [0.1, 0.15) is 0 Å². The molecule has 0 spiro atoms. The third-order valence-corrected chi connectivity index (χ3v) is 3.66. The van der Waals surface area contributed by atoms with Gasteiger partial charge in [-0.05, 0) is 42.9 Å². The number of nitrogens with one attached hydrogen (secondary N) is 1. The summed E-state index contributed by atoms with van der Waals surface area (Å²) >= 11 is 0. The second-order valence-electron chi connectivity index (χ2n) is 5.91. The van der Waals surface area contributed by atoms with Crippen molar-refractivity contribution >= 4 is 17.3 Å². The van der Waals surface area contributed by atoms with Crippen molar-refractivity contribution in [2.45, 2.75) is 39.2 Å². The molecule has 4 nitrogen and oxygen atoms in total. The maximum absolute atomic E-state index is 11.0. The van der Waals surface area contributed by atoms with Crippen molar-refractivity contribution in [2.24, 2.45) is 11.1 Å². The summed E-state index contributed by atoms with van der Waals surface area (Å²) in [5.74, 6) is -0.449. The zero-order chi connectivity index (χ0) is 13.3. The molecule has 1 fully saturated rings. The van der Waals surface area contributed by atoms with Crippen LogP contribution in [0.1, 0.15) is 43.5 Å². The number of hydrogen-bond donors (Lipinski definition) is 3. The predicted octanol–water partition coefficient (Wildman–Crippen LogP) is 2.36. The van der Waals surface area contributed by atoms with Gasteiger partial charge < -0.3 is 16.8 Å². The molecular weight excluding hydrogens is 226 g/mol. The summed E-state index contributed by atoms with van der Waals surface area (Å²) in [4.78, 5) is 11.0. The molecule has 0 heterocycles. The summed E-state index contributed by atoms with van der Waals surface area (Å²) < 4.78 is 0. The Morgan fingerprint density at radius 2 is 2.17 bits per heavy atom. The van der Waals surface area contributed by atoms with Crippen molar-refractivity contribution in [3.05, 3.63) is 23.8 Å². The maximum Gasteiger partial charge on any atom is 0.248 e. The number of primary amides is 1. The minimum atomic E-state index is -0.449. The summed E-state index contributed by atoms with van der Waals surface area (Å²) in [7, 11) is 0. The maximum atomic E-state index is 11.0. The lowest BCUT2D eigenvalue weighted by atomic mass is 9.92. The second-order valence-corrected chi connectivity index (χ2v) is 5.91. The first-order chi connectivity index (χ1) is 8.37. The van der Waals surface area contributed by atoms with E-state index in [0.29, 0.717) is 22.7 Å². The zero-order valence-electron chi connectivity index (χ0n) is 11.0. The summed E-state index contributed by atoms with van der Waals surface area (Å²) in [6, 6.07) is 5.63. The molecule has 0 bridgehead atoms. The third kappa shape index (κ3) is 2.75. The van der Waals surface area contributed by atoms with Gasteiger partial charge in [0.2, 0.25) is 5.91 Å². The van der Waals surface area contributed by atoms with Crippen LogP contribution in [0.2, 0.25) is 0 Å². The fourth-order valence-electron chi connectivity index (χ4n) is 2.63. The SMILES string of the molecule is CC1(C)CCC(Nc2ccc(C(N)=O)cc2N)C1. The Labute approximate surface area is 108 Å². The summed E-state index contributed by atoms with van der Waals surface area (Å²) in [6.45, 7) is 4.57. The van der Waals surface area contributed by atoms with Gasteiger partial charge in [-0.3, -0.25) is 4.79 Å². The molecule has 1 aromatic carbocycles. The summed E-state index contributed by atoms with van der Waals surface area (Å²) in [5.41, 5.74) is 13.5. The number of anilines is 2. The normalized spacial score (nSPS) is 21.8. The van der Waals surface area contributed by atoms with Gasteiger partial charge in [-0.15, -0.1) is 0 Å². The van der Waals surface area contributed by atoms with Crippen molar-refractivity contribution < 1.29 is 4.79 Å². The molecule has 1 aliphatic carbocycles. The summed E-state index contributed by atoms with van der Waals surface area (Å²) in [6.07, 6.45) is 3.53. The lowest BCUT2D eigenvalue weighted by Gasteiger charge is -2.19. The highest BCUT2D eigenvalue weighted by molar-refractivity contribution is 5.94. The van der Waals surface area contributed by atoms with E-state index in [-0.39, 0.29) is 0 Å². The monoisotopic (exact) mass is 247 g/mol. The van der Waals surface area contributed by atoms with E-state index in [1.165, 1.54) is 6.42 Å². The average Bonchev–Trinajstić information content (AvgIpc) is 2.61. The van der Waals surface area contributed by atoms with Crippen LogP contribution in [-0.2, 0) is 0 Å². The van der Waals surface area contributed by atoms with Crippen LogP contribution in [0, 0.1) is 5.41 Å². The molecule has 98 valence electrons. The van der Waals surface area contributed by atoms with E-state index in [1.807, 2.05) is 6.07 Å². The van der Waals surface area contributed by atoms with E-state index in [0.717, 1.165) is 18.5 Å². The Bertz CT molecular complexity index is 468. The van der Waals surface area contributed by atoms with Crippen molar-refractivity contribution in [2.75, 3.05) is 11.1 Å². The quantitative estimate of drug-likeness (QED) is 0.717. The molecule has 2 rings (SSSR count). The molecule has 1 aromatic rings. The number of carbonyl (C=O) groups excluding carboxylic acids is 1. The van der Waals surface area contributed by atoms with E-state index in [9.17, 15) is 4.79 Å². The second kappa shape index (κ2) is 4.52. The fourth-order valence-corrected chi connectivity index (χ4v) is 2.63. The molecule has 0 saturated heterocycles. The van der Waals surface area contributed by atoms with Gasteiger partial charge in [0.05, 0.1) is 11.4 Å². The van der Waals surface area contributed by atoms with Crippen LogP contribution in [0.4, 0.5) is 11.4 Å². The largest absolute Gasteiger partial charge is 0.397 e. The minimum absolute atomic E-state index is 0.402. The molecule has 18 heavy (non-hydrogen) atoms. The van der Waals surface area contributed by atoms with Crippen LogP contribution in [0.5, 0.6) is 0 Å². The smallest absolute Gasteiger partial charge is 0.248 e. The number of amides is 1. The van der Waals surface area contributed by atoms with Crippen LogP contribution < -0.4 is 16.8 Å². The van der Waals surface area contributed by atoms with Crippen molar-refractivity contribution in [1.29, 1.82) is 0 Å². The molecule has 5 N–H and O–H groups in total. The van der Waals surface area contributed by atoms with Crippen LogP contribution in [-0.4, -0.2) is 11.9 Å². The zero-order valence-corrected chi connectivity index (χ0v) is 11.0. The van der Waals surface area contributed by atoms with Gasteiger partial charge in [0, 0.05) is 11.6 Å². The topological polar surface area (TPSA) is 81.1 Å². The van der Waals surface area contributed by atoms with Crippen molar-refractivity contribution in [1.82, 2.24) is 0 Å². The van der Waals surface area contributed by atoms with E-state index >= 15 is 0 Å². The van der Waals surface area contributed by atoms with E-state index in [4.69, 9.17) is 11.5 Å². The highest BCUT2D eigenvalue weighted by atomic mass is 16.1. The third-order valence-electron chi connectivity index (χ3n) is 3.66. The number of nitrogen functional groups attached to an aromatic ring is 1. The predicted molar refractivity (Wildman–Crippen MR) is 74.4 cm³/mol. The molecule has 1 aliphatic rings. The van der Waals surface area contributed by atoms with Gasteiger partial charge in [-0.1, -0.05) is 13.8 Å².